The number of rotatable bonds is 5. The zero-order chi connectivity index (χ0) is 24.7. The molecule has 5 rings (SSSR count). The van der Waals surface area contributed by atoms with Crippen molar-refractivity contribution in [3.8, 4) is 11.5 Å². The highest BCUT2D eigenvalue weighted by Crippen LogP contribution is 2.44. The van der Waals surface area contributed by atoms with E-state index in [4.69, 9.17) is 9.47 Å². The SMILES string of the molecule is COc1ccc(/C(O)=C2\C(=O)C(=O)N(c3nc4ccc(OC)cc4s3)C2c2ccc(Br)cc2)cc1. The Morgan fingerprint density at radius 1 is 0.971 bits per heavy atom. The van der Waals surface area contributed by atoms with Gasteiger partial charge in [0.1, 0.15) is 17.3 Å². The standard InChI is InChI=1S/C26H19BrN2O5S/c1-33-17-9-5-15(6-10-17)23(30)21-22(14-3-7-16(27)8-4-14)29(25(32)24(21)31)26-28-19-12-11-18(34-2)13-20(19)35-26/h3-13,22,30H,1-2H3/b23-21+. The summed E-state index contributed by atoms with van der Waals surface area (Å²) in [4.78, 5) is 32.6. The first kappa shape index (κ1) is 23.1. The highest BCUT2D eigenvalue weighted by atomic mass is 79.9. The molecule has 1 N–H and O–H groups in total. The molecule has 1 unspecified atom stereocenters. The summed E-state index contributed by atoms with van der Waals surface area (Å²) in [5.41, 5.74) is 1.75. The minimum atomic E-state index is -0.854. The molecule has 35 heavy (non-hydrogen) atoms. The second-order valence-corrected chi connectivity index (χ2v) is 9.70. The van der Waals surface area contributed by atoms with Crippen LogP contribution in [-0.4, -0.2) is 36.0 Å². The quantitative estimate of drug-likeness (QED) is 0.195. The zero-order valence-electron chi connectivity index (χ0n) is 18.7. The second kappa shape index (κ2) is 9.16. The van der Waals surface area contributed by atoms with Crippen LogP contribution in [0.15, 0.2) is 76.8 Å². The number of ketones is 1. The van der Waals surface area contributed by atoms with Crippen LogP contribution in [0.2, 0.25) is 0 Å². The fraction of sp³-hybridized carbons (Fsp3) is 0.115. The van der Waals surface area contributed by atoms with Gasteiger partial charge >= 0.3 is 5.91 Å². The number of hydrogen-bond donors (Lipinski definition) is 1. The topological polar surface area (TPSA) is 89.0 Å². The Morgan fingerprint density at radius 3 is 2.29 bits per heavy atom. The van der Waals surface area contributed by atoms with E-state index >= 15 is 0 Å². The summed E-state index contributed by atoms with van der Waals surface area (Å²) in [5.74, 6) is -0.513. The number of amides is 1. The molecule has 1 fully saturated rings. The number of thiazole rings is 1. The molecule has 1 atom stereocenters. The third kappa shape index (κ3) is 4.06. The van der Waals surface area contributed by atoms with Gasteiger partial charge in [-0.1, -0.05) is 39.4 Å². The van der Waals surface area contributed by atoms with Crippen molar-refractivity contribution in [2.24, 2.45) is 0 Å². The molecule has 1 amide bonds. The van der Waals surface area contributed by atoms with Crippen molar-refractivity contribution in [2.75, 3.05) is 19.1 Å². The van der Waals surface area contributed by atoms with Crippen molar-refractivity contribution in [3.63, 3.8) is 0 Å². The first-order valence-corrected chi connectivity index (χ1v) is 12.2. The lowest BCUT2D eigenvalue weighted by Gasteiger charge is -2.23. The molecule has 9 heteroatoms. The Labute approximate surface area is 213 Å². The first-order valence-electron chi connectivity index (χ1n) is 10.6. The molecule has 4 aromatic rings. The van der Waals surface area contributed by atoms with E-state index in [9.17, 15) is 14.7 Å². The number of benzene rings is 3. The number of aliphatic hydroxyl groups excluding tert-OH is 1. The van der Waals surface area contributed by atoms with Crippen LogP contribution in [0.3, 0.4) is 0 Å². The van der Waals surface area contributed by atoms with Crippen LogP contribution >= 0.6 is 27.3 Å². The third-order valence-electron chi connectivity index (χ3n) is 5.78. The van der Waals surface area contributed by atoms with Crippen LogP contribution in [0.4, 0.5) is 5.13 Å². The minimum absolute atomic E-state index is 0.000624. The number of ether oxygens (including phenoxy) is 2. The molecule has 0 spiro atoms. The van der Waals surface area contributed by atoms with Crippen LogP contribution in [0.5, 0.6) is 11.5 Å². The molecule has 2 heterocycles. The average Bonchev–Trinajstić information content (AvgIpc) is 3.41. The average molecular weight is 551 g/mol. The molecular weight excluding hydrogens is 532 g/mol. The van der Waals surface area contributed by atoms with Gasteiger partial charge in [-0.05, 0) is 60.2 Å². The molecule has 0 aliphatic carbocycles. The predicted octanol–water partition coefficient (Wildman–Crippen LogP) is 5.70. The van der Waals surface area contributed by atoms with Gasteiger partial charge in [0.05, 0.1) is 36.1 Å². The van der Waals surface area contributed by atoms with Crippen molar-refractivity contribution in [1.82, 2.24) is 4.98 Å². The number of fused-ring (bicyclic) bond motifs is 1. The summed E-state index contributed by atoms with van der Waals surface area (Å²) in [6.07, 6.45) is 0. The van der Waals surface area contributed by atoms with Gasteiger partial charge in [0, 0.05) is 10.0 Å². The third-order valence-corrected chi connectivity index (χ3v) is 7.33. The lowest BCUT2D eigenvalue weighted by molar-refractivity contribution is -0.132. The molecule has 1 aromatic heterocycles. The summed E-state index contributed by atoms with van der Waals surface area (Å²) < 4.78 is 12.1. The Morgan fingerprint density at radius 2 is 1.63 bits per heavy atom. The van der Waals surface area contributed by atoms with Gasteiger partial charge in [-0.3, -0.25) is 14.5 Å². The Balaban J connectivity index is 1.69. The number of hydrogen-bond acceptors (Lipinski definition) is 7. The highest BCUT2D eigenvalue weighted by Gasteiger charge is 2.48. The number of aromatic nitrogens is 1. The van der Waals surface area contributed by atoms with Gasteiger partial charge in [0.2, 0.25) is 0 Å². The van der Waals surface area contributed by atoms with Crippen LogP contribution in [0.25, 0.3) is 16.0 Å². The van der Waals surface area contributed by atoms with Crippen LogP contribution in [-0.2, 0) is 9.59 Å². The smallest absolute Gasteiger partial charge is 0.301 e. The van der Waals surface area contributed by atoms with E-state index in [0.717, 1.165) is 9.17 Å². The largest absolute Gasteiger partial charge is 0.507 e. The lowest BCUT2D eigenvalue weighted by Crippen LogP contribution is -2.29. The molecule has 1 saturated heterocycles. The number of Topliss-reactive ketones (excluding diaryl/α,β-unsaturated/α-hetero) is 1. The molecule has 7 nitrogen and oxygen atoms in total. The highest BCUT2D eigenvalue weighted by molar-refractivity contribution is 9.10. The monoisotopic (exact) mass is 550 g/mol. The predicted molar refractivity (Wildman–Crippen MR) is 138 cm³/mol. The minimum Gasteiger partial charge on any atom is -0.507 e. The number of anilines is 1. The van der Waals surface area contributed by atoms with Crippen molar-refractivity contribution in [2.45, 2.75) is 6.04 Å². The van der Waals surface area contributed by atoms with E-state index in [0.29, 0.717) is 33.3 Å². The summed E-state index contributed by atoms with van der Waals surface area (Å²) in [6, 6.07) is 18.5. The summed E-state index contributed by atoms with van der Waals surface area (Å²) in [7, 11) is 3.12. The molecule has 0 saturated carbocycles. The Hall–Kier alpha value is -3.69. The van der Waals surface area contributed by atoms with Gasteiger partial charge < -0.3 is 14.6 Å². The van der Waals surface area contributed by atoms with Crippen LogP contribution < -0.4 is 14.4 Å². The number of carbonyl (C=O) groups is 2. The molecule has 0 bridgehead atoms. The van der Waals surface area contributed by atoms with E-state index in [1.807, 2.05) is 30.3 Å². The van der Waals surface area contributed by atoms with E-state index in [1.54, 1.807) is 50.6 Å². The summed E-state index contributed by atoms with van der Waals surface area (Å²) in [5, 5.41) is 11.6. The van der Waals surface area contributed by atoms with E-state index in [2.05, 4.69) is 20.9 Å². The normalized spacial score (nSPS) is 17.2. The second-order valence-electron chi connectivity index (χ2n) is 7.78. The van der Waals surface area contributed by atoms with Gasteiger partial charge in [0.25, 0.3) is 5.78 Å². The Kier molecular flexibility index (Phi) is 6.04. The summed E-state index contributed by atoms with van der Waals surface area (Å²) >= 11 is 4.70. The van der Waals surface area contributed by atoms with E-state index < -0.39 is 17.7 Å². The van der Waals surface area contributed by atoms with Gasteiger partial charge in [-0.2, -0.15) is 0 Å². The summed E-state index contributed by atoms with van der Waals surface area (Å²) in [6.45, 7) is 0. The maximum absolute atomic E-state index is 13.3. The molecule has 3 aromatic carbocycles. The maximum atomic E-state index is 13.3. The van der Waals surface area contributed by atoms with Crippen molar-refractivity contribution < 1.29 is 24.2 Å². The molecular formula is C26H19BrN2O5S. The van der Waals surface area contributed by atoms with Crippen molar-refractivity contribution in [1.29, 1.82) is 0 Å². The van der Waals surface area contributed by atoms with Crippen LogP contribution in [0, 0.1) is 0 Å². The first-order chi connectivity index (χ1) is 16.9. The number of methoxy groups -OCH3 is 2. The maximum Gasteiger partial charge on any atom is 0.301 e. The van der Waals surface area contributed by atoms with Crippen molar-refractivity contribution in [3.05, 3.63) is 87.9 Å². The van der Waals surface area contributed by atoms with Gasteiger partial charge in [-0.15, -0.1) is 0 Å². The van der Waals surface area contributed by atoms with Gasteiger partial charge in [-0.25, -0.2) is 4.98 Å². The fourth-order valence-corrected chi connectivity index (χ4v) is 5.30. The fourth-order valence-electron chi connectivity index (χ4n) is 4.02. The molecule has 1 aliphatic rings. The van der Waals surface area contributed by atoms with E-state index in [-0.39, 0.29) is 11.3 Å². The lowest BCUT2D eigenvalue weighted by atomic mass is 9.95. The number of carbonyl (C=O) groups excluding carboxylic acids is 2. The van der Waals surface area contributed by atoms with E-state index in [1.165, 1.54) is 16.2 Å². The number of nitrogens with zero attached hydrogens (tertiary/aromatic N) is 2. The number of aliphatic hydroxyl groups is 1. The molecule has 1 aliphatic heterocycles. The van der Waals surface area contributed by atoms with Crippen molar-refractivity contribution >= 4 is 60.1 Å². The molecule has 0 radical (unpaired) electrons. The van der Waals surface area contributed by atoms with Crippen LogP contribution in [0.1, 0.15) is 17.2 Å². The Bertz CT molecular complexity index is 1480. The number of halogens is 1. The molecule has 176 valence electrons. The van der Waals surface area contributed by atoms with Gasteiger partial charge in [0.15, 0.2) is 5.13 Å². The zero-order valence-corrected chi connectivity index (χ0v) is 21.1.